The summed E-state index contributed by atoms with van der Waals surface area (Å²) in [5.41, 5.74) is 2.54. The fourth-order valence-corrected chi connectivity index (χ4v) is 1.66. The first-order valence-electron chi connectivity index (χ1n) is 4.99. The van der Waals surface area contributed by atoms with Crippen LogP contribution in [0.4, 0.5) is 11.6 Å². The molecule has 1 aromatic heterocycles. The lowest BCUT2D eigenvalue weighted by atomic mass is 10.3. The molecule has 2 rings (SSSR count). The Morgan fingerprint density at radius 3 is 3.00 bits per heavy atom. The summed E-state index contributed by atoms with van der Waals surface area (Å²) in [6, 6.07) is 0. The number of likely N-dealkylation sites (N-methyl/N-ethyl adjacent to an activating group) is 1. The Bertz CT molecular complexity index is 368. The second-order valence-corrected chi connectivity index (χ2v) is 3.34. The van der Waals surface area contributed by atoms with E-state index in [0.717, 1.165) is 18.9 Å². The van der Waals surface area contributed by atoms with E-state index in [2.05, 4.69) is 27.2 Å². The van der Waals surface area contributed by atoms with Crippen LogP contribution in [0.1, 0.15) is 12.7 Å². The van der Waals surface area contributed by atoms with Crippen LogP contribution in [0.2, 0.25) is 0 Å². The van der Waals surface area contributed by atoms with Gasteiger partial charge in [-0.3, -0.25) is 0 Å². The average Bonchev–Trinajstić information content (AvgIpc) is 2.27. The molecule has 82 valence electrons. The maximum atomic E-state index is 5.52. The molecule has 15 heavy (non-hydrogen) atoms. The molecule has 2 heterocycles. The van der Waals surface area contributed by atoms with Gasteiger partial charge in [0.1, 0.15) is 12.4 Å². The summed E-state index contributed by atoms with van der Waals surface area (Å²) >= 11 is 0. The molecule has 0 fully saturated rings. The molecule has 1 aromatic rings. The molecule has 0 radical (unpaired) electrons. The number of aryl methyl sites for hydroxylation is 1. The van der Waals surface area contributed by atoms with E-state index in [4.69, 9.17) is 10.6 Å². The second-order valence-electron chi connectivity index (χ2n) is 3.34. The summed E-state index contributed by atoms with van der Waals surface area (Å²) in [7, 11) is 0. The lowest BCUT2D eigenvalue weighted by Gasteiger charge is -2.29. The first-order chi connectivity index (χ1) is 7.26. The minimum absolute atomic E-state index is 0.552. The number of ether oxygens (including phenoxy) is 1. The van der Waals surface area contributed by atoms with Crippen LogP contribution in [0, 0.1) is 6.92 Å². The van der Waals surface area contributed by atoms with E-state index < -0.39 is 0 Å². The molecular formula is C9H15N5O. The van der Waals surface area contributed by atoms with E-state index >= 15 is 0 Å². The Morgan fingerprint density at radius 2 is 2.33 bits per heavy atom. The predicted molar refractivity (Wildman–Crippen MR) is 58.0 cm³/mol. The van der Waals surface area contributed by atoms with Gasteiger partial charge in [-0.1, -0.05) is 0 Å². The lowest BCUT2D eigenvalue weighted by Crippen LogP contribution is -2.34. The molecule has 1 aliphatic rings. The molecule has 0 amide bonds. The summed E-state index contributed by atoms with van der Waals surface area (Å²) < 4.78 is 5.52. The zero-order chi connectivity index (χ0) is 10.8. The van der Waals surface area contributed by atoms with Crippen LogP contribution in [-0.4, -0.2) is 29.7 Å². The molecule has 6 heteroatoms. The Hall–Kier alpha value is -1.56. The summed E-state index contributed by atoms with van der Waals surface area (Å²) in [5, 5.41) is 0. The van der Waals surface area contributed by atoms with Crippen molar-refractivity contribution in [1.29, 1.82) is 0 Å². The summed E-state index contributed by atoms with van der Waals surface area (Å²) in [6.45, 7) is 6.31. The van der Waals surface area contributed by atoms with Crippen molar-refractivity contribution >= 4 is 11.6 Å². The number of hydrogen-bond acceptors (Lipinski definition) is 6. The number of fused-ring (bicyclic) bond motifs is 1. The maximum absolute atomic E-state index is 5.52. The molecule has 6 nitrogen and oxygen atoms in total. The number of anilines is 2. The number of nitrogens with two attached hydrogens (primary N) is 1. The average molecular weight is 209 g/mol. The minimum atomic E-state index is 0.552. The van der Waals surface area contributed by atoms with Gasteiger partial charge in [0.25, 0.3) is 0 Å². The lowest BCUT2D eigenvalue weighted by molar-refractivity contribution is 0.306. The number of hydrogen-bond donors (Lipinski definition) is 2. The normalized spacial score (nSPS) is 14.5. The Labute approximate surface area is 88.4 Å². The van der Waals surface area contributed by atoms with Gasteiger partial charge in [-0.2, -0.15) is 0 Å². The van der Waals surface area contributed by atoms with Crippen molar-refractivity contribution in [2.24, 2.45) is 5.84 Å². The third kappa shape index (κ3) is 1.68. The Balaban J connectivity index is 2.51. The standard InChI is InChI=1S/C9H15N5O/c1-3-14-4-5-15-7-8(13-10)11-6(2)12-9(7)14/h3-5,10H2,1-2H3,(H,11,12,13). The molecule has 0 saturated carbocycles. The van der Waals surface area contributed by atoms with Crippen LogP contribution < -0.4 is 20.9 Å². The van der Waals surface area contributed by atoms with Crippen molar-refractivity contribution in [3.8, 4) is 5.75 Å². The fourth-order valence-electron chi connectivity index (χ4n) is 1.66. The summed E-state index contributed by atoms with van der Waals surface area (Å²) in [5.74, 6) is 8.10. The van der Waals surface area contributed by atoms with Gasteiger partial charge in [-0.25, -0.2) is 15.8 Å². The van der Waals surface area contributed by atoms with Crippen LogP contribution in [0.5, 0.6) is 5.75 Å². The highest BCUT2D eigenvalue weighted by Crippen LogP contribution is 2.34. The van der Waals surface area contributed by atoms with Gasteiger partial charge in [0, 0.05) is 6.54 Å². The number of nitrogens with one attached hydrogen (secondary N) is 1. The quantitative estimate of drug-likeness (QED) is 0.538. The van der Waals surface area contributed by atoms with Crippen molar-refractivity contribution in [2.45, 2.75) is 13.8 Å². The third-order valence-corrected chi connectivity index (χ3v) is 2.39. The molecule has 0 spiro atoms. The zero-order valence-corrected chi connectivity index (χ0v) is 8.95. The smallest absolute Gasteiger partial charge is 0.206 e. The highest BCUT2D eigenvalue weighted by molar-refractivity contribution is 5.65. The molecule has 0 aromatic carbocycles. The van der Waals surface area contributed by atoms with E-state index in [0.29, 0.717) is 24.0 Å². The first kappa shape index (κ1) is 9.97. The molecule has 0 aliphatic carbocycles. The zero-order valence-electron chi connectivity index (χ0n) is 8.95. The van der Waals surface area contributed by atoms with Crippen LogP contribution in [0.15, 0.2) is 0 Å². The van der Waals surface area contributed by atoms with E-state index in [1.165, 1.54) is 0 Å². The molecule has 3 N–H and O–H groups in total. The molecular weight excluding hydrogens is 194 g/mol. The van der Waals surface area contributed by atoms with Gasteiger partial charge in [0.05, 0.1) is 6.54 Å². The Kier molecular flexibility index (Phi) is 2.59. The van der Waals surface area contributed by atoms with Crippen LogP contribution >= 0.6 is 0 Å². The first-order valence-corrected chi connectivity index (χ1v) is 4.99. The number of aromatic nitrogens is 2. The predicted octanol–water partition coefficient (Wildman–Crippen LogP) is 0.289. The van der Waals surface area contributed by atoms with Crippen molar-refractivity contribution in [3.63, 3.8) is 0 Å². The van der Waals surface area contributed by atoms with Crippen molar-refractivity contribution < 1.29 is 4.74 Å². The molecule has 0 atom stereocenters. The van der Waals surface area contributed by atoms with Gasteiger partial charge < -0.3 is 15.1 Å². The topological polar surface area (TPSA) is 76.3 Å². The Morgan fingerprint density at radius 1 is 1.53 bits per heavy atom. The monoisotopic (exact) mass is 209 g/mol. The number of nitrogens with zero attached hydrogens (tertiary/aromatic N) is 3. The van der Waals surface area contributed by atoms with Crippen molar-refractivity contribution in [2.75, 3.05) is 30.0 Å². The van der Waals surface area contributed by atoms with Gasteiger partial charge in [-0.15, -0.1) is 0 Å². The number of rotatable bonds is 2. The van der Waals surface area contributed by atoms with Gasteiger partial charge in [-0.05, 0) is 13.8 Å². The van der Waals surface area contributed by atoms with E-state index in [1.54, 1.807) is 0 Å². The molecule has 1 aliphatic heterocycles. The van der Waals surface area contributed by atoms with Crippen LogP contribution in [0.25, 0.3) is 0 Å². The van der Waals surface area contributed by atoms with E-state index in [-0.39, 0.29) is 0 Å². The van der Waals surface area contributed by atoms with Gasteiger partial charge in [0.2, 0.25) is 5.75 Å². The maximum Gasteiger partial charge on any atom is 0.206 e. The molecule has 0 saturated heterocycles. The summed E-state index contributed by atoms with van der Waals surface area (Å²) in [6.07, 6.45) is 0. The van der Waals surface area contributed by atoms with E-state index in [9.17, 15) is 0 Å². The summed E-state index contributed by atoms with van der Waals surface area (Å²) in [4.78, 5) is 10.7. The fraction of sp³-hybridized carbons (Fsp3) is 0.556. The largest absolute Gasteiger partial charge is 0.485 e. The van der Waals surface area contributed by atoms with Gasteiger partial charge >= 0.3 is 0 Å². The van der Waals surface area contributed by atoms with E-state index in [1.807, 2.05) is 6.92 Å². The SMILES string of the molecule is CCN1CCOc2c(NN)nc(C)nc21. The highest BCUT2D eigenvalue weighted by Gasteiger charge is 2.22. The molecule has 0 unspecified atom stereocenters. The highest BCUT2D eigenvalue weighted by atomic mass is 16.5. The van der Waals surface area contributed by atoms with Crippen molar-refractivity contribution in [1.82, 2.24) is 9.97 Å². The van der Waals surface area contributed by atoms with Crippen LogP contribution in [0.3, 0.4) is 0 Å². The number of nitrogen functional groups attached to an aromatic ring is 1. The van der Waals surface area contributed by atoms with Crippen LogP contribution in [-0.2, 0) is 0 Å². The van der Waals surface area contributed by atoms with Gasteiger partial charge in [0.15, 0.2) is 11.6 Å². The van der Waals surface area contributed by atoms with Crippen molar-refractivity contribution in [3.05, 3.63) is 5.82 Å². The minimum Gasteiger partial charge on any atom is -0.485 e. The third-order valence-electron chi connectivity index (χ3n) is 2.39. The second kappa shape index (κ2) is 3.90. The molecule has 0 bridgehead atoms. The number of hydrazine groups is 1.